The van der Waals surface area contributed by atoms with Crippen LogP contribution < -0.4 is 4.90 Å². The van der Waals surface area contributed by atoms with Crippen molar-refractivity contribution in [1.82, 2.24) is 24.7 Å². The molecule has 2 aliphatic heterocycles. The molecule has 2 aromatic rings. The molecule has 2 aromatic heterocycles. The highest BCUT2D eigenvalue weighted by Gasteiger charge is 2.30. The Labute approximate surface area is 142 Å². The van der Waals surface area contributed by atoms with E-state index >= 15 is 0 Å². The fraction of sp³-hybridized carbons (Fsp3) is 0.722. The predicted octanol–water partition coefficient (Wildman–Crippen LogP) is 2.31. The van der Waals surface area contributed by atoms with Crippen molar-refractivity contribution in [2.24, 2.45) is 5.92 Å². The van der Waals surface area contributed by atoms with Crippen LogP contribution >= 0.6 is 0 Å². The number of nitrogens with zero attached hydrogens (tertiary/aromatic N) is 6. The van der Waals surface area contributed by atoms with Crippen LogP contribution in [0.4, 0.5) is 5.82 Å². The third-order valence-corrected chi connectivity index (χ3v) is 5.87. The zero-order valence-corrected chi connectivity index (χ0v) is 14.3. The fourth-order valence-electron chi connectivity index (χ4n) is 4.24. The van der Waals surface area contributed by atoms with Crippen molar-refractivity contribution in [3.63, 3.8) is 0 Å². The number of hydrogen-bond donors (Lipinski definition) is 0. The van der Waals surface area contributed by atoms with Gasteiger partial charge in [0.2, 0.25) is 0 Å². The Morgan fingerprint density at radius 2 is 1.71 bits per heavy atom. The Morgan fingerprint density at radius 3 is 2.46 bits per heavy atom. The number of rotatable bonds is 4. The number of likely N-dealkylation sites (tertiary alicyclic amines) is 1. The average Bonchev–Trinajstić information content (AvgIpc) is 3.17. The summed E-state index contributed by atoms with van der Waals surface area (Å²) in [6.45, 7) is 6.18. The summed E-state index contributed by atoms with van der Waals surface area (Å²) in [5.41, 5.74) is 0.879. The lowest BCUT2D eigenvalue weighted by atomic mass is 9.96. The number of aromatic nitrogens is 4. The molecule has 5 rings (SSSR count). The van der Waals surface area contributed by atoms with Gasteiger partial charge in [0, 0.05) is 25.6 Å². The van der Waals surface area contributed by atoms with Crippen LogP contribution in [0.5, 0.6) is 0 Å². The van der Waals surface area contributed by atoms with Crippen molar-refractivity contribution in [3.05, 3.63) is 18.0 Å². The number of piperidine rings is 1. The highest BCUT2D eigenvalue weighted by atomic mass is 15.4. The van der Waals surface area contributed by atoms with Gasteiger partial charge in [0.05, 0.1) is 0 Å². The number of hydrogen-bond acceptors (Lipinski definition) is 5. The Balaban J connectivity index is 1.27. The number of anilines is 1. The van der Waals surface area contributed by atoms with E-state index in [0.717, 1.165) is 36.3 Å². The van der Waals surface area contributed by atoms with E-state index in [1.807, 2.05) is 4.52 Å². The van der Waals surface area contributed by atoms with Gasteiger partial charge in [-0.05, 0) is 69.7 Å². The van der Waals surface area contributed by atoms with Gasteiger partial charge in [0.25, 0.3) is 0 Å². The van der Waals surface area contributed by atoms with Crippen molar-refractivity contribution < 1.29 is 0 Å². The van der Waals surface area contributed by atoms with E-state index in [-0.39, 0.29) is 0 Å². The van der Waals surface area contributed by atoms with E-state index < -0.39 is 0 Å². The fourth-order valence-corrected chi connectivity index (χ4v) is 4.24. The van der Waals surface area contributed by atoms with Crippen LogP contribution in [-0.2, 0) is 0 Å². The van der Waals surface area contributed by atoms with E-state index in [1.165, 1.54) is 58.2 Å². The van der Waals surface area contributed by atoms with Gasteiger partial charge in [-0.15, -0.1) is 15.3 Å². The van der Waals surface area contributed by atoms with Crippen LogP contribution in [0, 0.1) is 5.92 Å². The second-order valence-electron chi connectivity index (χ2n) is 7.73. The summed E-state index contributed by atoms with van der Waals surface area (Å²) in [4.78, 5) is 5.10. The zero-order chi connectivity index (χ0) is 15.9. The molecule has 0 bridgehead atoms. The third-order valence-electron chi connectivity index (χ3n) is 5.87. The summed E-state index contributed by atoms with van der Waals surface area (Å²) in [6.07, 6.45) is 7.82. The lowest BCUT2D eigenvalue weighted by Crippen LogP contribution is -2.38. The molecule has 1 aliphatic carbocycles. The molecule has 24 heavy (non-hydrogen) atoms. The molecule has 0 amide bonds. The first-order valence-electron chi connectivity index (χ1n) is 9.56. The van der Waals surface area contributed by atoms with Gasteiger partial charge >= 0.3 is 0 Å². The first-order valence-corrected chi connectivity index (χ1v) is 9.56. The molecule has 0 aromatic carbocycles. The Kier molecular flexibility index (Phi) is 3.65. The highest BCUT2D eigenvalue weighted by molar-refractivity contribution is 5.46. The molecule has 2 saturated heterocycles. The molecule has 4 heterocycles. The van der Waals surface area contributed by atoms with Crippen molar-refractivity contribution in [2.75, 3.05) is 37.6 Å². The minimum Gasteiger partial charge on any atom is -0.355 e. The Morgan fingerprint density at radius 1 is 0.917 bits per heavy atom. The van der Waals surface area contributed by atoms with Crippen LogP contribution in [0.25, 0.3) is 5.65 Å². The second kappa shape index (κ2) is 5.99. The SMILES string of the molecule is c1cc2nnc(C3CC3)n2nc1N1CCC(CN2CCCC2)CC1. The van der Waals surface area contributed by atoms with E-state index in [2.05, 4.69) is 32.1 Å². The van der Waals surface area contributed by atoms with Crippen LogP contribution in [0.2, 0.25) is 0 Å². The Hall–Kier alpha value is -1.69. The van der Waals surface area contributed by atoms with Crippen molar-refractivity contribution in [2.45, 2.75) is 44.4 Å². The third kappa shape index (κ3) is 2.77. The quantitative estimate of drug-likeness (QED) is 0.863. The summed E-state index contributed by atoms with van der Waals surface area (Å²) < 4.78 is 1.98. The summed E-state index contributed by atoms with van der Waals surface area (Å²) >= 11 is 0. The largest absolute Gasteiger partial charge is 0.355 e. The van der Waals surface area contributed by atoms with Crippen LogP contribution in [0.3, 0.4) is 0 Å². The zero-order valence-electron chi connectivity index (χ0n) is 14.3. The van der Waals surface area contributed by atoms with Gasteiger partial charge in [-0.2, -0.15) is 4.52 Å². The molecule has 0 unspecified atom stereocenters. The molecule has 6 nitrogen and oxygen atoms in total. The van der Waals surface area contributed by atoms with Crippen LogP contribution in [0.15, 0.2) is 12.1 Å². The molecule has 6 heteroatoms. The van der Waals surface area contributed by atoms with Crippen molar-refractivity contribution >= 4 is 11.5 Å². The van der Waals surface area contributed by atoms with Gasteiger partial charge in [-0.25, -0.2) is 0 Å². The highest BCUT2D eigenvalue weighted by Crippen LogP contribution is 2.38. The maximum atomic E-state index is 4.86. The molecule has 128 valence electrons. The molecule has 0 radical (unpaired) electrons. The molecule has 3 aliphatic rings. The lowest BCUT2D eigenvalue weighted by molar-refractivity contribution is 0.249. The minimum atomic E-state index is 0.578. The van der Waals surface area contributed by atoms with Crippen LogP contribution in [0.1, 0.15) is 50.3 Å². The molecule has 0 N–H and O–H groups in total. The van der Waals surface area contributed by atoms with Gasteiger partial charge in [-0.3, -0.25) is 0 Å². The monoisotopic (exact) mass is 326 g/mol. The molecule has 0 spiro atoms. The standard InChI is InChI=1S/C18H26N6/c1-2-10-22(9-1)13-14-7-11-23(12-8-14)17-6-5-16-19-20-18(15-3-4-15)24(16)21-17/h5-6,14-15H,1-4,7-13H2. The predicted molar refractivity (Wildman–Crippen MR) is 93.4 cm³/mol. The first-order chi connectivity index (χ1) is 11.9. The Bertz CT molecular complexity index is 707. The molecule has 0 atom stereocenters. The lowest BCUT2D eigenvalue weighted by Gasteiger charge is -2.34. The molecular weight excluding hydrogens is 300 g/mol. The number of fused-ring (bicyclic) bond motifs is 1. The maximum Gasteiger partial charge on any atom is 0.178 e. The van der Waals surface area contributed by atoms with E-state index in [0.29, 0.717) is 5.92 Å². The topological polar surface area (TPSA) is 49.6 Å². The van der Waals surface area contributed by atoms with E-state index in [1.54, 1.807) is 0 Å². The molecule has 1 saturated carbocycles. The van der Waals surface area contributed by atoms with E-state index in [9.17, 15) is 0 Å². The smallest absolute Gasteiger partial charge is 0.178 e. The summed E-state index contributed by atoms with van der Waals surface area (Å²) in [5, 5.41) is 13.5. The van der Waals surface area contributed by atoms with Crippen LogP contribution in [-0.4, -0.2) is 57.4 Å². The first kappa shape index (κ1) is 14.6. The summed E-state index contributed by atoms with van der Waals surface area (Å²) in [5.74, 6) is 3.58. The van der Waals surface area contributed by atoms with Gasteiger partial charge in [-0.1, -0.05) is 0 Å². The maximum absolute atomic E-state index is 4.86. The summed E-state index contributed by atoms with van der Waals surface area (Å²) in [7, 11) is 0. The molecular formula is C18H26N6. The van der Waals surface area contributed by atoms with E-state index in [4.69, 9.17) is 5.10 Å². The van der Waals surface area contributed by atoms with Gasteiger partial charge < -0.3 is 9.80 Å². The second-order valence-corrected chi connectivity index (χ2v) is 7.73. The molecule has 3 fully saturated rings. The normalized spacial score (nSPS) is 23.4. The minimum absolute atomic E-state index is 0.578. The summed E-state index contributed by atoms with van der Waals surface area (Å²) in [6, 6.07) is 4.18. The van der Waals surface area contributed by atoms with Crippen molar-refractivity contribution in [3.8, 4) is 0 Å². The van der Waals surface area contributed by atoms with Gasteiger partial charge in [0.15, 0.2) is 11.5 Å². The van der Waals surface area contributed by atoms with Crippen molar-refractivity contribution in [1.29, 1.82) is 0 Å². The average molecular weight is 326 g/mol. The van der Waals surface area contributed by atoms with Gasteiger partial charge in [0.1, 0.15) is 5.82 Å².